The Hall–Kier alpha value is -2.68. The average molecular weight is 384 g/mol. The molecule has 0 saturated carbocycles. The molecule has 138 valence electrons. The minimum atomic E-state index is -2.96. The number of hydrogen-bond acceptors (Lipinski definition) is 5. The Morgan fingerprint density at radius 2 is 2.04 bits per heavy atom. The van der Waals surface area contributed by atoms with Crippen LogP contribution in [0, 0.1) is 5.82 Å². The third kappa shape index (κ3) is 5.99. The summed E-state index contributed by atoms with van der Waals surface area (Å²) in [7, 11) is 1.32. The van der Waals surface area contributed by atoms with Gasteiger partial charge in [-0.3, -0.25) is 4.79 Å². The molecule has 0 fully saturated rings. The van der Waals surface area contributed by atoms with Crippen molar-refractivity contribution in [1.82, 2.24) is 5.43 Å². The molecular formula is C17H15F3N2O3S. The molecule has 0 radical (unpaired) electrons. The number of carbonyl (C=O) groups is 1. The Kier molecular flexibility index (Phi) is 7.34. The van der Waals surface area contributed by atoms with Crippen molar-refractivity contribution in [3.05, 3.63) is 53.8 Å². The van der Waals surface area contributed by atoms with Crippen molar-refractivity contribution < 1.29 is 27.4 Å². The lowest BCUT2D eigenvalue weighted by Crippen LogP contribution is -2.19. The fourth-order valence-electron chi connectivity index (χ4n) is 1.87. The summed E-state index contributed by atoms with van der Waals surface area (Å²) >= 11 is 1.05. The van der Waals surface area contributed by atoms with E-state index in [9.17, 15) is 18.0 Å². The molecule has 2 aromatic rings. The number of rotatable bonds is 8. The second-order valence-corrected chi connectivity index (χ2v) is 5.82. The van der Waals surface area contributed by atoms with Crippen LogP contribution < -0.4 is 14.9 Å². The van der Waals surface area contributed by atoms with Crippen LogP contribution in [0.5, 0.6) is 11.5 Å². The molecule has 0 bridgehead atoms. The molecule has 9 heteroatoms. The van der Waals surface area contributed by atoms with Crippen LogP contribution in [0.15, 0.2) is 52.5 Å². The van der Waals surface area contributed by atoms with E-state index >= 15 is 0 Å². The van der Waals surface area contributed by atoms with Crippen molar-refractivity contribution in [2.45, 2.75) is 11.5 Å². The van der Waals surface area contributed by atoms with E-state index in [4.69, 9.17) is 4.74 Å². The highest BCUT2D eigenvalue weighted by molar-refractivity contribution is 8.00. The molecule has 0 aliphatic carbocycles. The van der Waals surface area contributed by atoms with Gasteiger partial charge in [0.05, 0.1) is 19.1 Å². The van der Waals surface area contributed by atoms with Crippen LogP contribution in [-0.2, 0) is 4.79 Å². The van der Waals surface area contributed by atoms with E-state index in [-0.39, 0.29) is 17.3 Å². The standard InChI is InChI=1S/C17H15F3N2O3S/c1-24-14-8-11(6-7-13(14)25-17(19)20)9-21-22-16(23)10-26-15-5-3-2-4-12(15)18/h2-9,17H,10H2,1H3,(H,22,23)/b21-9+. The third-order valence-corrected chi connectivity index (χ3v) is 4.05. The minimum Gasteiger partial charge on any atom is -0.493 e. The summed E-state index contributed by atoms with van der Waals surface area (Å²) in [6, 6.07) is 10.3. The molecule has 0 unspecified atom stereocenters. The summed E-state index contributed by atoms with van der Waals surface area (Å²) in [5.41, 5.74) is 2.81. The van der Waals surface area contributed by atoms with E-state index < -0.39 is 18.3 Å². The Morgan fingerprint density at radius 3 is 2.73 bits per heavy atom. The highest BCUT2D eigenvalue weighted by atomic mass is 32.2. The average Bonchev–Trinajstić information content (AvgIpc) is 2.61. The van der Waals surface area contributed by atoms with Gasteiger partial charge >= 0.3 is 6.61 Å². The van der Waals surface area contributed by atoms with Crippen LogP contribution >= 0.6 is 11.8 Å². The van der Waals surface area contributed by atoms with Gasteiger partial charge in [0.25, 0.3) is 0 Å². The first kappa shape index (κ1) is 19.6. The van der Waals surface area contributed by atoms with Gasteiger partial charge in [-0.15, -0.1) is 11.8 Å². The predicted molar refractivity (Wildman–Crippen MR) is 92.5 cm³/mol. The lowest BCUT2D eigenvalue weighted by molar-refractivity contribution is -0.118. The lowest BCUT2D eigenvalue weighted by Gasteiger charge is -2.09. The fourth-order valence-corrected chi connectivity index (χ4v) is 2.61. The first-order valence-electron chi connectivity index (χ1n) is 7.31. The van der Waals surface area contributed by atoms with Crippen molar-refractivity contribution in [2.24, 2.45) is 5.10 Å². The number of carbonyl (C=O) groups excluding carboxylic acids is 1. The Labute approximate surface area is 152 Å². The quantitative estimate of drug-likeness (QED) is 0.429. The molecule has 5 nitrogen and oxygen atoms in total. The first-order chi connectivity index (χ1) is 12.5. The van der Waals surface area contributed by atoms with Gasteiger partial charge < -0.3 is 9.47 Å². The van der Waals surface area contributed by atoms with E-state index in [1.807, 2.05) is 0 Å². The molecule has 0 aliphatic heterocycles. The van der Waals surface area contributed by atoms with Crippen molar-refractivity contribution in [2.75, 3.05) is 12.9 Å². The number of benzene rings is 2. The molecule has 26 heavy (non-hydrogen) atoms. The van der Waals surface area contributed by atoms with Crippen LogP contribution in [0.25, 0.3) is 0 Å². The van der Waals surface area contributed by atoms with Crippen LogP contribution in [-0.4, -0.2) is 31.6 Å². The smallest absolute Gasteiger partial charge is 0.387 e. The van der Waals surface area contributed by atoms with Gasteiger partial charge in [-0.1, -0.05) is 12.1 Å². The summed E-state index contributed by atoms with van der Waals surface area (Å²) in [6.45, 7) is -2.96. The van der Waals surface area contributed by atoms with Crippen LogP contribution in [0.4, 0.5) is 13.2 Å². The number of ether oxygens (including phenoxy) is 2. The Morgan fingerprint density at radius 1 is 1.27 bits per heavy atom. The molecule has 0 spiro atoms. The van der Waals surface area contributed by atoms with Crippen LogP contribution in [0.2, 0.25) is 0 Å². The van der Waals surface area contributed by atoms with Gasteiger partial charge in [0.2, 0.25) is 5.91 Å². The number of halogens is 3. The number of alkyl halides is 2. The number of nitrogens with zero attached hydrogens (tertiary/aromatic N) is 1. The summed E-state index contributed by atoms with van der Waals surface area (Å²) in [5.74, 6) is -0.824. The SMILES string of the molecule is COc1cc(/C=N/NC(=O)CSc2ccccc2F)ccc1OC(F)F. The van der Waals surface area contributed by atoms with E-state index in [0.29, 0.717) is 10.5 Å². The van der Waals surface area contributed by atoms with E-state index in [2.05, 4.69) is 15.3 Å². The summed E-state index contributed by atoms with van der Waals surface area (Å²) in [4.78, 5) is 12.1. The molecule has 0 atom stereocenters. The summed E-state index contributed by atoms with van der Waals surface area (Å²) in [6.07, 6.45) is 1.32. The molecule has 1 amide bonds. The zero-order valence-electron chi connectivity index (χ0n) is 13.6. The molecule has 0 aliphatic rings. The molecule has 0 aromatic heterocycles. The number of hydrogen-bond donors (Lipinski definition) is 1. The summed E-state index contributed by atoms with van der Waals surface area (Å²) in [5, 5.41) is 3.77. The van der Waals surface area contributed by atoms with Gasteiger partial charge in [0.1, 0.15) is 5.82 Å². The number of nitrogens with one attached hydrogen (secondary N) is 1. The van der Waals surface area contributed by atoms with Crippen molar-refractivity contribution in [3.63, 3.8) is 0 Å². The second kappa shape index (κ2) is 9.71. The van der Waals surface area contributed by atoms with E-state index in [1.165, 1.54) is 37.6 Å². The summed E-state index contributed by atoms with van der Waals surface area (Å²) < 4.78 is 47.3. The third-order valence-electron chi connectivity index (χ3n) is 3.00. The molecule has 0 saturated heterocycles. The lowest BCUT2D eigenvalue weighted by atomic mass is 10.2. The molecular weight excluding hydrogens is 369 g/mol. The van der Waals surface area contributed by atoms with Crippen molar-refractivity contribution in [3.8, 4) is 11.5 Å². The monoisotopic (exact) mass is 384 g/mol. The molecule has 2 aromatic carbocycles. The zero-order valence-corrected chi connectivity index (χ0v) is 14.4. The van der Waals surface area contributed by atoms with Gasteiger partial charge in [0.15, 0.2) is 11.5 Å². The van der Waals surface area contributed by atoms with Crippen LogP contribution in [0.1, 0.15) is 5.56 Å². The highest BCUT2D eigenvalue weighted by Crippen LogP contribution is 2.28. The Balaban J connectivity index is 1.89. The van der Waals surface area contributed by atoms with Gasteiger partial charge in [-0.05, 0) is 35.9 Å². The van der Waals surface area contributed by atoms with E-state index in [0.717, 1.165) is 11.8 Å². The highest BCUT2D eigenvalue weighted by Gasteiger charge is 2.10. The maximum atomic E-state index is 13.4. The normalized spacial score (nSPS) is 11.0. The Bertz CT molecular complexity index is 788. The molecule has 0 heterocycles. The van der Waals surface area contributed by atoms with Crippen LogP contribution in [0.3, 0.4) is 0 Å². The van der Waals surface area contributed by atoms with Gasteiger partial charge in [-0.25, -0.2) is 9.82 Å². The number of methoxy groups -OCH3 is 1. The number of thioether (sulfide) groups is 1. The fraction of sp³-hybridized carbons (Fsp3) is 0.176. The maximum Gasteiger partial charge on any atom is 0.387 e. The first-order valence-corrected chi connectivity index (χ1v) is 8.30. The van der Waals surface area contributed by atoms with Crippen molar-refractivity contribution >= 4 is 23.9 Å². The predicted octanol–water partition coefficient (Wildman–Crippen LogP) is 3.68. The minimum absolute atomic E-state index is 0.0112. The van der Waals surface area contributed by atoms with Gasteiger partial charge in [-0.2, -0.15) is 13.9 Å². The zero-order chi connectivity index (χ0) is 18.9. The van der Waals surface area contributed by atoms with Gasteiger partial charge in [0, 0.05) is 4.90 Å². The molecule has 2 rings (SSSR count). The number of hydrazone groups is 1. The van der Waals surface area contributed by atoms with E-state index in [1.54, 1.807) is 18.2 Å². The molecule has 1 N–H and O–H groups in total. The second-order valence-electron chi connectivity index (χ2n) is 4.80. The maximum absolute atomic E-state index is 13.4. The largest absolute Gasteiger partial charge is 0.493 e. The van der Waals surface area contributed by atoms with Crippen molar-refractivity contribution in [1.29, 1.82) is 0 Å². The number of amides is 1. The topological polar surface area (TPSA) is 59.9 Å².